The van der Waals surface area contributed by atoms with Gasteiger partial charge in [0, 0.05) is 5.39 Å². The molecule has 5 nitrogen and oxygen atoms in total. The molecule has 0 unspecified atom stereocenters. The Bertz CT molecular complexity index is 564. The normalized spacial score (nSPS) is 12.6. The second-order valence-corrected chi connectivity index (χ2v) is 4.44. The standard InChI is InChI=1S/C13H15N3O2/c1-8(2)11(13(17)18)16-12-9-5-3-4-6-10(9)14-7-15-12/h3-8,11H,1-2H3,(H,17,18)(H,14,15,16)/t11-/m0/s1. The summed E-state index contributed by atoms with van der Waals surface area (Å²) in [6.07, 6.45) is 1.43. The van der Waals surface area contributed by atoms with Crippen molar-refractivity contribution in [2.45, 2.75) is 19.9 Å². The van der Waals surface area contributed by atoms with Crippen LogP contribution >= 0.6 is 0 Å². The van der Waals surface area contributed by atoms with Crippen LogP contribution in [0.3, 0.4) is 0 Å². The molecular formula is C13H15N3O2. The molecule has 94 valence electrons. The number of fused-ring (bicyclic) bond motifs is 1. The van der Waals surface area contributed by atoms with Gasteiger partial charge in [0.1, 0.15) is 18.2 Å². The van der Waals surface area contributed by atoms with Crippen LogP contribution < -0.4 is 5.32 Å². The molecule has 0 radical (unpaired) electrons. The highest BCUT2D eigenvalue weighted by molar-refractivity contribution is 5.90. The highest BCUT2D eigenvalue weighted by Crippen LogP contribution is 2.20. The van der Waals surface area contributed by atoms with Crippen LogP contribution in [0.4, 0.5) is 5.82 Å². The van der Waals surface area contributed by atoms with Gasteiger partial charge in [-0.15, -0.1) is 0 Å². The number of nitrogens with zero attached hydrogens (tertiary/aromatic N) is 2. The van der Waals surface area contributed by atoms with Gasteiger partial charge in [-0.2, -0.15) is 0 Å². The smallest absolute Gasteiger partial charge is 0.326 e. The van der Waals surface area contributed by atoms with Crippen molar-refractivity contribution in [3.8, 4) is 0 Å². The van der Waals surface area contributed by atoms with Gasteiger partial charge in [-0.25, -0.2) is 14.8 Å². The minimum Gasteiger partial charge on any atom is -0.480 e. The lowest BCUT2D eigenvalue weighted by Crippen LogP contribution is -2.34. The third-order valence-corrected chi connectivity index (χ3v) is 2.77. The van der Waals surface area contributed by atoms with Gasteiger partial charge in [0.15, 0.2) is 0 Å². The summed E-state index contributed by atoms with van der Waals surface area (Å²) in [5, 5.41) is 13.0. The maximum atomic E-state index is 11.2. The van der Waals surface area contributed by atoms with Crippen molar-refractivity contribution in [1.29, 1.82) is 0 Å². The van der Waals surface area contributed by atoms with E-state index in [1.54, 1.807) is 0 Å². The first-order valence-corrected chi connectivity index (χ1v) is 5.78. The van der Waals surface area contributed by atoms with Gasteiger partial charge in [-0.05, 0) is 18.1 Å². The van der Waals surface area contributed by atoms with Crippen molar-refractivity contribution in [2.75, 3.05) is 5.32 Å². The van der Waals surface area contributed by atoms with Crippen LogP contribution in [0.5, 0.6) is 0 Å². The molecule has 1 aromatic carbocycles. The van der Waals surface area contributed by atoms with Crippen LogP contribution in [0.15, 0.2) is 30.6 Å². The van der Waals surface area contributed by atoms with Crippen LogP contribution in [-0.4, -0.2) is 27.1 Å². The molecule has 0 aliphatic carbocycles. The summed E-state index contributed by atoms with van der Waals surface area (Å²) in [5.41, 5.74) is 0.794. The van der Waals surface area contributed by atoms with Gasteiger partial charge < -0.3 is 10.4 Å². The summed E-state index contributed by atoms with van der Waals surface area (Å²) in [4.78, 5) is 19.4. The molecule has 18 heavy (non-hydrogen) atoms. The van der Waals surface area contributed by atoms with Crippen LogP contribution in [0.2, 0.25) is 0 Å². The Morgan fingerprint density at radius 2 is 2.00 bits per heavy atom. The minimum atomic E-state index is -0.882. The van der Waals surface area contributed by atoms with Crippen molar-refractivity contribution in [2.24, 2.45) is 5.92 Å². The summed E-state index contributed by atoms with van der Waals surface area (Å²) >= 11 is 0. The number of hydrogen-bond acceptors (Lipinski definition) is 4. The average Bonchev–Trinajstić information content (AvgIpc) is 2.35. The topological polar surface area (TPSA) is 75.1 Å². The molecule has 2 aromatic rings. The summed E-state index contributed by atoms with van der Waals surface area (Å²) in [7, 11) is 0. The zero-order valence-electron chi connectivity index (χ0n) is 10.3. The molecule has 0 aliphatic heterocycles. The first-order valence-electron chi connectivity index (χ1n) is 5.78. The molecular weight excluding hydrogens is 230 g/mol. The molecule has 0 saturated heterocycles. The van der Waals surface area contributed by atoms with E-state index in [1.807, 2.05) is 38.1 Å². The molecule has 0 amide bonds. The van der Waals surface area contributed by atoms with Crippen molar-refractivity contribution < 1.29 is 9.90 Å². The van der Waals surface area contributed by atoms with Crippen molar-refractivity contribution in [3.63, 3.8) is 0 Å². The summed E-state index contributed by atoms with van der Waals surface area (Å²) in [5.74, 6) is -0.356. The van der Waals surface area contributed by atoms with E-state index < -0.39 is 12.0 Å². The second kappa shape index (κ2) is 5.00. The third kappa shape index (κ3) is 2.40. The maximum absolute atomic E-state index is 11.2. The molecule has 2 rings (SSSR count). The molecule has 1 heterocycles. The lowest BCUT2D eigenvalue weighted by atomic mass is 10.0. The number of para-hydroxylation sites is 1. The number of aromatic nitrogens is 2. The number of carbonyl (C=O) groups is 1. The number of carboxylic acid groups (broad SMARTS) is 1. The van der Waals surface area contributed by atoms with Crippen LogP contribution in [0.25, 0.3) is 10.9 Å². The van der Waals surface area contributed by atoms with E-state index in [2.05, 4.69) is 15.3 Å². The van der Waals surface area contributed by atoms with Crippen LogP contribution in [0.1, 0.15) is 13.8 Å². The van der Waals surface area contributed by atoms with Gasteiger partial charge in [-0.1, -0.05) is 26.0 Å². The van der Waals surface area contributed by atoms with Gasteiger partial charge >= 0.3 is 5.97 Å². The SMILES string of the molecule is CC(C)[C@H](Nc1ncnc2ccccc12)C(=O)O. The van der Waals surface area contributed by atoms with Crippen molar-refractivity contribution in [1.82, 2.24) is 9.97 Å². The molecule has 0 spiro atoms. The number of rotatable bonds is 4. The number of anilines is 1. The average molecular weight is 245 g/mol. The second-order valence-electron chi connectivity index (χ2n) is 4.44. The predicted octanol–water partition coefficient (Wildman–Crippen LogP) is 2.15. The Morgan fingerprint density at radius 1 is 1.28 bits per heavy atom. The van der Waals surface area contributed by atoms with E-state index in [1.165, 1.54) is 6.33 Å². The monoisotopic (exact) mass is 245 g/mol. The first-order chi connectivity index (χ1) is 8.59. The minimum absolute atomic E-state index is 0.0313. The molecule has 5 heteroatoms. The number of hydrogen-bond donors (Lipinski definition) is 2. The quantitative estimate of drug-likeness (QED) is 0.863. The summed E-state index contributed by atoms with van der Waals surface area (Å²) in [6.45, 7) is 3.71. The first kappa shape index (κ1) is 12.3. The fourth-order valence-electron chi connectivity index (χ4n) is 1.78. The Labute approximate surface area is 105 Å². The van der Waals surface area contributed by atoms with E-state index in [0.717, 1.165) is 10.9 Å². The van der Waals surface area contributed by atoms with Crippen LogP contribution in [0, 0.1) is 5.92 Å². The summed E-state index contributed by atoms with van der Waals surface area (Å²) in [6, 6.07) is 6.84. The van der Waals surface area contributed by atoms with Crippen LogP contribution in [-0.2, 0) is 4.79 Å². The molecule has 2 N–H and O–H groups in total. The fraction of sp³-hybridized carbons (Fsp3) is 0.308. The van der Waals surface area contributed by atoms with E-state index in [-0.39, 0.29) is 5.92 Å². The highest BCUT2D eigenvalue weighted by Gasteiger charge is 2.22. The highest BCUT2D eigenvalue weighted by atomic mass is 16.4. The van der Waals surface area contributed by atoms with Crippen molar-refractivity contribution >= 4 is 22.7 Å². The molecule has 0 bridgehead atoms. The third-order valence-electron chi connectivity index (χ3n) is 2.77. The number of nitrogens with one attached hydrogen (secondary N) is 1. The molecule has 0 fully saturated rings. The number of carboxylic acids is 1. The largest absolute Gasteiger partial charge is 0.480 e. The Hall–Kier alpha value is -2.17. The molecule has 1 aromatic heterocycles. The lowest BCUT2D eigenvalue weighted by Gasteiger charge is -2.19. The van der Waals surface area contributed by atoms with Gasteiger partial charge in [0.05, 0.1) is 5.52 Å². The van der Waals surface area contributed by atoms with E-state index in [0.29, 0.717) is 5.82 Å². The molecule has 1 atom stereocenters. The summed E-state index contributed by atoms with van der Waals surface area (Å²) < 4.78 is 0. The number of aliphatic carboxylic acids is 1. The predicted molar refractivity (Wildman–Crippen MR) is 69.4 cm³/mol. The Balaban J connectivity index is 2.39. The van der Waals surface area contributed by atoms with Crippen molar-refractivity contribution in [3.05, 3.63) is 30.6 Å². The Kier molecular flexibility index (Phi) is 3.41. The van der Waals surface area contributed by atoms with Gasteiger partial charge in [-0.3, -0.25) is 0 Å². The van der Waals surface area contributed by atoms with E-state index >= 15 is 0 Å². The Morgan fingerprint density at radius 3 is 2.67 bits per heavy atom. The van der Waals surface area contributed by atoms with E-state index in [9.17, 15) is 9.90 Å². The molecule has 0 saturated carbocycles. The van der Waals surface area contributed by atoms with Gasteiger partial charge in [0.2, 0.25) is 0 Å². The number of benzene rings is 1. The molecule has 0 aliphatic rings. The van der Waals surface area contributed by atoms with Gasteiger partial charge in [0.25, 0.3) is 0 Å². The fourth-order valence-corrected chi connectivity index (χ4v) is 1.78. The zero-order valence-corrected chi connectivity index (χ0v) is 10.3. The maximum Gasteiger partial charge on any atom is 0.326 e. The lowest BCUT2D eigenvalue weighted by molar-refractivity contribution is -0.138. The zero-order chi connectivity index (χ0) is 13.1. The van der Waals surface area contributed by atoms with E-state index in [4.69, 9.17) is 0 Å².